The number of hydrogen-bond acceptors (Lipinski definition) is 5. The predicted octanol–water partition coefficient (Wildman–Crippen LogP) is 5.06. The first kappa shape index (κ1) is 21.4. The van der Waals surface area contributed by atoms with Crippen molar-refractivity contribution in [3.8, 4) is 5.75 Å². The van der Waals surface area contributed by atoms with Crippen LogP contribution in [-0.2, 0) is 10.0 Å². The van der Waals surface area contributed by atoms with Gasteiger partial charge in [0, 0.05) is 22.9 Å². The first-order valence-electron chi connectivity index (χ1n) is 10.3. The third kappa shape index (κ3) is 4.06. The van der Waals surface area contributed by atoms with Crippen LogP contribution < -0.4 is 14.4 Å². The van der Waals surface area contributed by atoms with Crippen LogP contribution in [0.5, 0.6) is 5.75 Å². The number of ether oxygens (including phenoxy) is 1. The Kier molecular flexibility index (Phi) is 5.12. The van der Waals surface area contributed by atoms with Gasteiger partial charge in [-0.1, -0.05) is 38.1 Å². The molecule has 2 aromatic carbocycles. The molecule has 1 saturated heterocycles. The Morgan fingerprint density at radius 2 is 1.65 bits per heavy atom. The summed E-state index contributed by atoms with van der Waals surface area (Å²) >= 11 is 0. The standard InChI is InChI=1S/C24H29N3O3S/c1-23(2)15-24(3,4)27(16-23)22-20-9-7-6-8-19(20)21(14-25-22)26-31(28,29)18-12-10-17(30-5)11-13-18/h6-14,26H,15-16H2,1-5H3. The summed E-state index contributed by atoms with van der Waals surface area (Å²) in [6, 6.07) is 14.1. The number of methoxy groups -OCH3 is 1. The molecule has 0 unspecified atom stereocenters. The molecule has 1 aromatic heterocycles. The van der Waals surface area contributed by atoms with Crippen molar-refractivity contribution < 1.29 is 13.2 Å². The molecule has 6 nitrogen and oxygen atoms in total. The van der Waals surface area contributed by atoms with Gasteiger partial charge in [-0.2, -0.15) is 0 Å². The van der Waals surface area contributed by atoms with Gasteiger partial charge in [-0.15, -0.1) is 0 Å². The molecule has 2 heterocycles. The molecular formula is C24H29N3O3S. The number of nitrogens with one attached hydrogen (secondary N) is 1. The Morgan fingerprint density at radius 3 is 2.23 bits per heavy atom. The molecule has 1 N–H and O–H groups in total. The van der Waals surface area contributed by atoms with E-state index < -0.39 is 10.0 Å². The van der Waals surface area contributed by atoms with Crippen LogP contribution in [0.25, 0.3) is 10.8 Å². The fourth-order valence-corrected chi connectivity index (χ4v) is 5.82. The second-order valence-electron chi connectivity index (χ2n) is 9.56. The molecule has 0 aliphatic carbocycles. The monoisotopic (exact) mass is 439 g/mol. The van der Waals surface area contributed by atoms with Gasteiger partial charge >= 0.3 is 0 Å². The Hall–Kier alpha value is -2.80. The van der Waals surface area contributed by atoms with Gasteiger partial charge in [-0.25, -0.2) is 13.4 Å². The van der Waals surface area contributed by atoms with E-state index >= 15 is 0 Å². The van der Waals surface area contributed by atoms with Gasteiger partial charge in [0.05, 0.1) is 23.9 Å². The predicted molar refractivity (Wildman–Crippen MR) is 125 cm³/mol. The molecule has 7 heteroatoms. The van der Waals surface area contributed by atoms with Crippen molar-refractivity contribution in [2.24, 2.45) is 5.41 Å². The number of sulfonamides is 1. The molecule has 0 radical (unpaired) electrons. The van der Waals surface area contributed by atoms with Gasteiger partial charge in [0.25, 0.3) is 10.0 Å². The maximum atomic E-state index is 13.0. The number of anilines is 2. The fraction of sp³-hybridized carbons (Fsp3) is 0.375. The van der Waals surface area contributed by atoms with Crippen molar-refractivity contribution in [2.75, 3.05) is 23.3 Å². The molecule has 1 fully saturated rings. The average Bonchev–Trinajstić information content (AvgIpc) is 2.95. The summed E-state index contributed by atoms with van der Waals surface area (Å²) in [6.45, 7) is 9.91. The zero-order valence-corrected chi connectivity index (χ0v) is 19.5. The van der Waals surface area contributed by atoms with Crippen LogP contribution in [0.1, 0.15) is 34.1 Å². The molecule has 0 atom stereocenters. The normalized spacial score (nSPS) is 17.6. The summed E-state index contributed by atoms with van der Waals surface area (Å²) in [5, 5.41) is 1.76. The van der Waals surface area contributed by atoms with E-state index in [1.54, 1.807) is 25.4 Å². The first-order valence-corrected chi connectivity index (χ1v) is 11.8. The van der Waals surface area contributed by atoms with E-state index in [9.17, 15) is 8.42 Å². The summed E-state index contributed by atoms with van der Waals surface area (Å²) in [4.78, 5) is 7.25. The average molecular weight is 440 g/mol. The van der Waals surface area contributed by atoms with E-state index in [0.29, 0.717) is 11.4 Å². The van der Waals surface area contributed by atoms with Crippen LogP contribution >= 0.6 is 0 Å². The van der Waals surface area contributed by atoms with Crippen molar-refractivity contribution in [1.82, 2.24) is 4.98 Å². The van der Waals surface area contributed by atoms with Crippen molar-refractivity contribution >= 4 is 32.3 Å². The molecule has 1 aliphatic rings. The maximum Gasteiger partial charge on any atom is 0.261 e. The smallest absolute Gasteiger partial charge is 0.261 e. The molecule has 4 rings (SSSR count). The summed E-state index contributed by atoms with van der Waals surface area (Å²) in [7, 11) is -2.22. The van der Waals surface area contributed by atoms with Gasteiger partial charge in [0.2, 0.25) is 0 Å². The third-order valence-electron chi connectivity index (χ3n) is 5.87. The van der Waals surface area contributed by atoms with Crippen LogP contribution in [0.2, 0.25) is 0 Å². The molecule has 1 aliphatic heterocycles. The SMILES string of the molecule is COc1ccc(S(=O)(=O)Nc2cnc(N3CC(C)(C)CC3(C)C)c3ccccc23)cc1. The largest absolute Gasteiger partial charge is 0.497 e. The summed E-state index contributed by atoms with van der Waals surface area (Å²) < 4.78 is 33.8. The minimum atomic E-state index is -3.76. The van der Waals surface area contributed by atoms with Crippen LogP contribution in [0.3, 0.4) is 0 Å². The van der Waals surface area contributed by atoms with Gasteiger partial charge in [0.1, 0.15) is 11.6 Å². The van der Waals surface area contributed by atoms with E-state index in [1.807, 2.05) is 24.3 Å². The minimum Gasteiger partial charge on any atom is -0.497 e. The molecular weight excluding hydrogens is 410 g/mol. The van der Waals surface area contributed by atoms with Gasteiger partial charge < -0.3 is 9.64 Å². The molecule has 3 aromatic rings. The van der Waals surface area contributed by atoms with Crippen molar-refractivity contribution in [3.63, 3.8) is 0 Å². The lowest BCUT2D eigenvalue weighted by atomic mass is 9.86. The fourth-order valence-electron chi connectivity index (χ4n) is 4.76. The Bertz CT molecular complexity index is 1220. The number of pyridine rings is 1. The van der Waals surface area contributed by atoms with E-state index in [2.05, 4.69) is 37.3 Å². The molecule has 0 amide bonds. The second-order valence-corrected chi connectivity index (χ2v) is 11.2. The van der Waals surface area contributed by atoms with E-state index in [4.69, 9.17) is 9.72 Å². The number of aromatic nitrogens is 1. The first-order chi connectivity index (χ1) is 14.5. The highest BCUT2D eigenvalue weighted by molar-refractivity contribution is 7.92. The Balaban J connectivity index is 1.75. The van der Waals surface area contributed by atoms with Crippen LogP contribution in [-0.4, -0.2) is 32.6 Å². The number of rotatable bonds is 5. The number of nitrogens with zero attached hydrogens (tertiary/aromatic N) is 2. The Labute approximate surface area is 184 Å². The number of benzene rings is 2. The van der Waals surface area contributed by atoms with Gasteiger partial charge in [0.15, 0.2) is 0 Å². The number of hydrogen-bond donors (Lipinski definition) is 1. The van der Waals surface area contributed by atoms with Gasteiger partial charge in [-0.3, -0.25) is 4.72 Å². The molecule has 0 bridgehead atoms. The van der Waals surface area contributed by atoms with E-state index in [-0.39, 0.29) is 15.8 Å². The van der Waals surface area contributed by atoms with Crippen molar-refractivity contribution in [1.29, 1.82) is 0 Å². The summed E-state index contributed by atoms with van der Waals surface area (Å²) in [5.41, 5.74) is 0.607. The van der Waals surface area contributed by atoms with E-state index in [0.717, 1.165) is 29.6 Å². The van der Waals surface area contributed by atoms with Crippen molar-refractivity contribution in [2.45, 2.75) is 44.6 Å². The second kappa shape index (κ2) is 7.41. The minimum absolute atomic E-state index is 0.0383. The van der Waals surface area contributed by atoms with Crippen molar-refractivity contribution in [3.05, 3.63) is 54.7 Å². The molecule has 31 heavy (non-hydrogen) atoms. The lowest BCUT2D eigenvalue weighted by Crippen LogP contribution is -2.38. The number of fused-ring (bicyclic) bond motifs is 1. The lowest BCUT2D eigenvalue weighted by Gasteiger charge is -2.33. The highest BCUT2D eigenvalue weighted by Crippen LogP contribution is 2.45. The van der Waals surface area contributed by atoms with Crippen LogP contribution in [0.4, 0.5) is 11.5 Å². The lowest BCUT2D eigenvalue weighted by molar-refractivity contribution is 0.371. The van der Waals surface area contributed by atoms with Crippen LogP contribution in [0, 0.1) is 5.41 Å². The Morgan fingerprint density at radius 1 is 1.00 bits per heavy atom. The van der Waals surface area contributed by atoms with Crippen LogP contribution in [0.15, 0.2) is 59.6 Å². The quantitative estimate of drug-likeness (QED) is 0.602. The zero-order valence-electron chi connectivity index (χ0n) is 18.6. The topological polar surface area (TPSA) is 71.5 Å². The third-order valence-corrected chi connectivity index (χ3v) is 7.25. The molecule has 0 saturated carbocycles. The highest BCUT2D eigenvalue weighted by Gasteiger charge is 2.44. The summed E-state index contributed by atoms with van der Waals surface area (Å²) in [6.07, 6.45) is 2.68. The molecule has 164 valence electrons. The van der Waals surface area contributed by atoms with Gasteiger partial charge in [-0.05, 0) is 49.9 Å². The maximum absolute atomic E-state index is 13.0. The summed E-state index contributed by atoms with van der Waals surface area (Å²) in [5.74, 6) is 1.49. The highest BCUT2D eigenvalue weighted by atomic mass is 32.2. The molecule has 0 spiro atoms. The zero-order chi connectivity index (χ0) is 22.4. The van der Waals surface area contributed by atoms with E-state index in [1.165, 1.54) is 12.1 Å².